The molecule has 2 aromatic rings. The Bertz CT molecular complexity index is 522. The zero-order chi connectivity index (χ0) is 12.4. The van der Waals surface area contributed by atoms with Crippen LogP contribution >= 0.6 is 43.2 Å². The van der Waals surface area contributed by atoms with Gasteiger partial charge in [0, 0.05) is 0 Å². The number of nitrogens with one attached hydrogen (secondary N) is 1. The van der Waals surface area contributed by atoms with Crippen molar-refractivity contribution in [3.63, 3.8) is 0 Å². The normalized spacial score (nSPS) is 12.7. The minimum absolute atomic E-state index is 0.229. The number of rotatable bonds is 3. The minimum Gasteiger partial charge on any atom is -0.309 e. The van der Waals surface area contributed by atoms with Crippen LogP contribution in [-0.2, 0) is 0 Å². The SMILES string of the molecule is CNC(c1cccc(C)c1)c1cc(Br)sc1Br. The van der Waals surface area contributed by atoms with Crippen molar-refractivity contribution in [2.45, 2.75) is 13.0 Å². The molecule has 17 heavy (non-hydrogen) atoms. The van der Waals surface area contributed by atoms with Crippen molar-refractivity contribution < 1.29 is 0 Å². The second kappa shape index (κ2) is 5.65. The molecule has 0 aliphatic carbocycles. The summed E-state index contributed by atoms with van der Waals surface area (Å²) in [5.41, 5.74) is 3.85. The molecule has 0 aliphatic rings. The van der Waals surface area contributed by atoms with Crippen LogP contribution in [0.1, 0.15) is 22.7 Å². The predicted octanol–water partition coefficient (Wildman–Crippen LogP) is 4.89. The van der Waals surface area contributed by atoms with Crippen LogP contribution in [0.4, 0.5) is 0 Å². The van der Waals surface area contributed by atoms with Crippen LogP contribution in [0.3, 0.4) is 0 Å². The van der Waals surface area contributed by atoms with Crippen molar-refractivity contribution in [3.05, 3.63) is 54.6 Å². The Morgan fingerprint density at radius 1 is 1.24 bits per heavy atom. The molecule has 0 aliphatic heterocycles. The molecule has 90 valence electrons. The largest absolute Gasteiger partial charge is 0.309 e. The zero-order valence-corrected chi connectivity index (χ0v) is 13.6. The molecule has 2 rings (SSSR count). The molecule has 0 fully saturated rings. The highest BCUT2D eigenvalue weighted by atomic mass is 79.9. The maximum absolute atomic E-state index is 3.62. The van der Waals surface area contributed by atoms with E-state index in [1.165, 1.54) is 20.5 Å². The molecule has 1 nitrogen and oxygen atoms in total. The molecule has 1 unspecified atom stereocenters. The van der Waals surface area contributed by atoms with Gasteiger partial charge in [0.15, 0.2) is 0 Å². The maximum atomic E-state index is 3.62. The van der Waals surface area contributed by atoms with Gasteiger partial charge in [-0.1, -0.05) is 29.8 Å². The Balaban J connectivity index is 2.43. The number of aryl methyl sites for hydroxylation is 1. The summed E-state index contributed by atoms with van der Waals surface area (Å²) in [6.07, 6.45) is 0. The van der Waals surface area contributed by atoms with E-state index in [-0.39, 0.29) is 6.04 Å². The summed E-state index contributed by atoms with van der Waals surface area (Å²) >= 11 is 8.86. The predicted molar refractivity (Wildman–Crippen MR) is 81.8 cm³/mol. The third-order valence-electron chi connectivity index (χ3n) is 2.66. The van der Waals surface area contributed by atoms with E-state index in [1.807, 2.05) is 7.05 Å². The van der Waals surface area contributed by atoms with Gasteiger partial charge in [-0.15, -0.1) is 11.3 Å². The van der Waals surface area contributed by atoms with E-state index in [9.17, 15) is 0 Å². The van der Waals surface area contributed by atoms with Gasteiger partial charge in [0.1, 0.15) is 0 Å². The van der Waals surface area contributed by atoms with E-state index in [0.717, 1.165) is 3.79 Å². The first-order valence-corrected chi connectivity index (χ1v) is 7.70. The summed E-state index contributed by atoms with van der Waals surface area (Å²) in [7, 11) is 1.99. The summed E-state index contributed by atoms with van der Waals surface area (Å²) in [6, 6.07) is 11.0. The van der Waals surface area contributed by atoms with Gasteiger partial charge in [0.05, 0.1) is 13.6 Å². The fraction of sp³-hybridized carbons (Fsp3) is 0.231. The molecule has 0 radical (unpaired) electrons. The van der Waals surface area contributed by atoms with Crippen LogP contribution in [0.25, 0.3) is 0 Å². The molecular formula is C13H13Br2NS. The Kier molecular flexibility index (Phi) is 4.42. The van der Waals surface area contributed by atoms with Crippen molar-refractivity contribution in [1.82, 2.24) is 5.32 Å². The Morgan fingerprint density at radius 2 is 2.00 bits per heavy atom. The maximum Gasteiger partial charge on any atom is 0.0761 e. The highest BCUT2D eigenvalue weighted by Crippen LogP contribution is 2.37. The van der Waals surface area contributed by atoms with Crippen molar-refractivity contribution in [1.29, 1.82) is 0 Å². The number of thiophene rings is 1. The fourth-order valence-electron chi connectivity index (χ4n) is 1.90. The Hall–Kier alpha value is -0.160. The monoisotopic (exact) mass is 373 g/mol. The molecule has 4 heteroatoms. The first-order chi connectivity index (χ1) is 8.11. The van der Waals surface area contributed by atoms with Crippen LogP contribution in [0.15, 0.2) is 37.9 Å². The molecule has 1 aromatic carbocycles. The lowest BCUT2D eigenvalue weighted by atomic mass is 10.00. The van der Waals surface area contributed by atoms with Gasteiger partial charge in [-0.3, -0.25) is 0 Å². The average molecular weight is 375 g/mol. The third-order valence-corrected chi connectivity index (χ3v) is 5.04. The van der Waals surface area contributed by atoms with Gasteiger partial charge in [0.2, 0.25) is 0 Å². The standard InChI is InChI=1S/C13H13Br2NS/c1-8-4-3-5-9(6-8)12(16-2)10-7-11(14)17-13(10)15/h3-7,12,16H,1-2H3. The minimum atomic E-state index is 0.229. The van der Waals surface area contributed by atoms with Crippen LogP contribution in [0.2, 0.25) is 0 Å². The van der Waals surface area contributed by atoms with Crippen molar-refractivity contribution in [2.75, 3.05) is 7.05 Å². The van der Waals surface area contributed by atoms with Crippen molar-refractivity contribution in [3.8, 4) is 0 Å². The highest BCUT2D eigenvalue weighted by Gasteiger charge is 2.17. The summed E-state index contributed by atoms with van der Waals surface area (Å²) in [5.74, 6) is 0. The third kappa shape index (κ3) is 2.99. The molecule has 1 N–H and O–H groups in total. The van der Waals surface area contributed by atoms with E-state index >= 15 is 0 Å². The van der Waals surface area contributed by atoms with Gasteiger partial charge in [0.25, 0.3) is 0 Å². The quantitative estimate of drug-likeness (QED) is 0.806. The van der Waals surface area contributed by atoms with E-state index < -0.39 is 0 Å². The van der Waals surface area contributed by atoms with E-state index in [4.69, 9.17) is 0 Å². The molecule has 1 atom stereocenters. The lowest BCUT2D eigenvalue weighted by molar-refractivity contribution is 0.691. The molecule has 0 bridgehead atoms. The lowest BCUT2D eigenvalue weighted by Crippen LogP contribution is -2.17. The number of hydrogen-bond acceptors (Lipinski definition) is 2. The Labute approximate surface area is 123 Å². The van der Waals surface area contributed by atoms with Gasteiger partial charge in [-0.25, -0.2) is 0 Å². The number of benzene rings is 1. The first kappa shape index (κ1) is 13.3. The Morgan fingerprint density at radius 3 is 2.53 bits per heavy atom. The molecule has 0 saturated heterocycles. The zero-order valence-electron chi connectivity index (χ0n) is 9.63. The summed E-state index contributed by atoms with van der Waals surface area (Å²) in [4.78, 5) is 0. The van der Waals surface area contributed by atoms with Crippen LogP contribution in [0, 0.1) is 6.92 Å². The number of halogens is 2. The second-order valence-electron chi connectivity index (χ2n) is 3.92. The summed E-state index contributed by atoms with van der Waals surface area (Å²) in [6.45, 7) is 2.12. The van der Waals surface area contributed by atoms with Gasteiger partial charge in [-0.05, 0) is 63.0 Å². The molecule has 1 aromatic heterocycles. The van der Waals surface area contributed by atoms with Crippen molar-refractivity contribution in [2.24, 2.45) is 0 Å². The van der Waals surface area contributed by atoms with Crippen molar-refractivity contribution >= 4 is 43.2 Å². The van der Waals surface area contributed by atoms with Crippen LogP contribution < -0.4 is 5.32 Å². The van der Waals surface area contributed by atoms with E-state index in [2.05, 4.69) is 74.4 Å². The molecule has 0 spiro atoms. The average Bonchev–Trinajstić information content (AvgIpc) is 2.59. The van der Waals surface area contributed by atoms with Gasteiger partial charge < -0.3 is 5.32 Å². The van der Waals surface area contributed by atoms with Gasteiger partial charge >= 0.3 is 0 Å². The second-order valence-corrected chi connectivity index (χ2v) is 7.66. The first-order valence-electron chi connectivity index (χ1n) is 5.30. The molecule has 0 saturated carbocycles. The van der Waals surface area contributed by atoms with Crippen LogP contribution in [0.5, 0.6) is 0 Å². The van der Waals surface area contributed by atoms with E-state index in [1.54, 1.807) is 11.3 Å². The number of hydrogen-bond donors (Lipinski definition) is 1. The van der Waals surface area contributed by atoms with Gasteiger partial charge in [-0.2, -0.15) is 0 Å². The van der Waals surface area contributed by atoms with Crippen LogP contribution in [-0.4, -0.2) is 7.05 Å². The van der Waals surface area contributed by atoms with E-state index in [0.29, 0.717) is 0 Å². The summed E-state index contributed by atoms with van der Waals surface area (Å²) < 4.78 is 2.32. The summed E-state index contributed by atoms with van der Waals surface area (Å²) in [5, 5.41) is 3.37. The molecular weight excluding hydrogens is 362 g/mol. The molecule has 1 heterocycles. The lowest BCUT2D eigenvalue weighted by Gasteiger charge is -2.16. The smallest absolute Gasteiger partial charge is 0.0761 e. The molecule has 0 amide bonds. The fourth-order valence-corrected chi connectivity index (χ4v) is 4.80. The topological polar surface area (TPSA) is 12.0 Å². The highest BCUT2D eigenvalue weighted by molar-refractivity contribution is 9.12.